The summed E-state index contributed by atoms with van der Waals surface area (Å²) in [4.78, 5) is 62.1. The van der Waals surface area contributed by atoms with Gasteiger partial charge in [-0.3, -0.25) is 19.2 Å². The van der Waals surface area contributed by atoms with Gasteiger partial charge in [0.05, 0.1) is 12.5 Å². The first kappa shape index (κ1) is 24.8. The van der Waals surface area contributed by atoms with E-state index in [1.54, 1.807) is 39.0 Å². The Balaban J connectivity index is 2.16. The van der Waals surface area contributed by atoms with Crippen molar-refractivity contribution in [1.82, 2.24) is 15.5 Å². The molecule has 0 aliphatic carbocycles. The SMILES string of the molecule is Cc1c(N)cccc1C(=O)NC(C(=O)N1CCC[C@H]1C(=O)N[C@H](C=O)CC(=O)O)C(C)C. The van der Waals surface area contributed by atoms with Crippen molar-refractivity contribution in [3.63, 3.8) is 0 Å². The second kappa shape index (κ2) is 10.7. The van der Waals surface area contributed by atoms with Crippen LogP contribution in [-0.4, -0.2) is 64.7 Å². The molecule has 1 aliphatic rings. The molecular weight excluding hydrogens is 416 g/mol. The number of nitrogen functional groups attached to an aromatic ring is 1. The van der Waals surface area contributed by atoms with E-state index >= 15 is 0 Å². The number of hydrogen-bond acceptors (Lipinski definition) is 6. The van der Waals surface area contributed by atoms with Gasteiger partial charge in [-0.05, 0) is 43.4 Å². The molecule has 1 aliphatic heterocycles. The van der Waals surface area contributed by atoms with Gasteiger partial charge in [-0.25, -0.2) is 0 Å². The number of amides is 3. The van der Waals surface area contributed by atoms with Crippen molar-refractivity contribution < 1.29 is 29.1 Å². The molecule has 3 atom stereocenters. The summed E-state index contributed by atoms with van der Waals surface area (Å²) in [6.45, 7) is 5.61. The molecule has 3 amide bonds. The molecule has 1 saturated heterocycles. The maximum Gasteiger partial charge on any atom is 0.305 e. The first-order chi connectivity index (χ1) is 15.1. The van der Waals surface area contributed by atoms with E-state index in [4.69, 9.17) is 10.8 Å². The van der Waals surface area contributed by atoms with Gasteiger partial charge in [0.2, 0.25) is 11.8 Å². The van der Waals surface area contributed by atoms with Crippen LogP contribution in [0.1, 0.15) is 49.0 Å². The number of aliphatic carboxylic acids is 1. The lowest BCUT2D eigenvalue weighted by Crippen LogP contribution is -2.56. The van der Waals surface area contributed by atoms with Crippen molar-refractivity contribution in [2.75, 3.05) is 12.3 Å². The Bertz CT molecular complexity index is 900. The quantitative estimate of drug-likeness (QED) is 0.317. The lowest BCUT2D eigenvalue weighted by Gasteiger charge is -2.31. The fourth-order valence-electron chi connectivity index (χ4n) is 3.71. The third kappa shape index (κ3) is 5.83. The van der Waals surface area contributed by atoms with Crippen molar-refractivity contribution in [2.45, 2.75) is 58.2 Å². The average Bonchev–Trinajstić information content (AvgIpc) is 3.22. The van der Waals surface area contributed by atoms with Gasteiger partial charge in [0.1, 0.15) is 18.4 Å². The van der Waals surface area contributed by atoms with Crippen molar-refractivity contribution >= 4 is 35.7 Å². The zero-order chi connectivity index (χ0) is 24.0. The van der Waals surface area contributed by atoms with Gasteiger partial charge in [0.15, 0.2) is 0 Å². The predicted molar refractivity (Wildman–Crippen MR) is 117 cm³/mol. The minimum atomic E-state index is -1.22. The first-order valence-electron chi connectivity index (χ1n) is 10.5. The summed E-state index contributed by atoms with van der Waals surface area (Å²) in [5, 5.41) is 14.0. The number of carboxylic acid groups (broad SMARTS) is 1. The predicted octanol–water partition coefficient (Wildman–Crippen LogP) is 0.481. The van der Waals surface area contributed by atoms with Gasteiger partial charge in [-0.15, -0.1) is 0 Å². The minimum Gasteiger partial charge on any atom is -0.481 e. The van der Waals surface area contributed by atoms with E-state index in [0.29, 0.717) is 42.5 Å². The van der Waals surface area contributed by atoms with Crippen LogP contribution in [0.2, 0.25) is 0 Å². The van der Waals surface area contributed by atoms with Crippen molar-refractivity contribution in [3.8, 4) is 0 Å². The van der Waals surface area contributed by atoms with E-state index in [1.165, 1.54) is 4.90 Å². The average molecular weight is 447 g/mol. The van der Waals surface area contributed by atoms with Crippen LogP contribution in [0.15, 0.2) is 18.2 Å². The topological polar surface area (TPSA) is 159 Å². The molecule has 174 valence electrons. The van der Waals surface area contributed by atoms with Crippen LogP contribution in [0.4, 0.5) is 5.69 Å². The van der Waals surface area contributed by atoms with Crippen LogP contribution >= 0.6 is 0 Å². The highest BCUT2D eigenvalue weighted by atomic mass is 16.4. The number of nitrogens with one attached hydrogen (secondary N) is 2. The third-order valence-corrected chi connectivity index (χ3v) is 5.56. The molecule has 1 heterocycles. The number of carbonyl (C=O) groups excluding carboxylic acids is 4. The van der Waals surface area contributed by atoms with Crippen molar-refractivity contribution in [3.05, 3.63) is 29.3 Å². The molecule has 0 radical (unpaired) electrons. The molecule has 10 nitrogen and oxygen atoms in total. The Kier molecular flexibility index (Phi) is 8.34. The number of nitrogens with two attached hydrogens (primary N) is 1. The molecule has 1 aromatic rings. The molecule has 0 spiro atoms. The molecule has 0 bridgehead atoms. The number of likely N-dealkylation sites (tertiary alicyclic amines) is 1. The highest BCUT2D eigenvalue weighted by Crippen LogP contribution is 2.22. The van der Waals surface area contributed by atoms with Gasteiger partial charge in [-0.1, -0.05) is 19.9 Å². The zero-order valence-electron chi connectivity index (χ0n) is 18.5. The van der Waals surface area contributed by atoms with Crippen LogP contribution in [0.5, 0.6) is 0 Å². The molecular formula is C22H30N4O6. The van der Waals surface area contributed by atoms with Crippen LogP contribution in [0.3, 0.4) is 0 Å². The molecule has 5 N–H and O–H groups in total. The third-order valence-electron chi connectivity index (χ3n) is 5.56. The van der Waals surface area contributed by atoms with Gasteiger partial charge in [0, 0.05) is 17.8 Å². The summed E-state index contributed by atoms with van der Waals surface area (Å²) in [6, 6.07) is 2.07. The van der Waals surface area contributed by atoms with E-state index in [2.05, 4.69) is 10.6 Å². The van der Waals surface area contributed by atoms with Gasteiger partial charge >= 0.3 is 5.97 Å². The summed E-state index contributed by atoms with van der Waals surface area (Å²) < 4.78 is 0. The maximum absolute atomic E-state index is 13.3. The number of carboxylic acids is 1. The van der Waals surface area contributed by atoms with E-state index in [9.17, 15) is 24.0 Å². The van der Waals surface area contributed by atoms with Crippen molar-refractivity contribution in [2.24, 2.45) is 5.92 Å². The van der Waals surface area contributed by atoms with E-state index in [0.717, 1.165) is 0 Å². The lowest BCUT2D eigenvalue weighted by molar-refractivity contribution is -0.142. The summed E-state index contributed by atoms with van der Waals surface area (Å²) in [5.41, 5.74) is 7.32. The molecule has 1 unspecified atom stereocenters. The standard InChI is InChI=1S/C22H30N4O6/c1-12(2)19(25-20(30)15-6-4-7-16(23)13(15)3)22(32)26-9-5-8-17(26)21(31)24-14(11-27)10-18(28)29/h4,6-7,11-12,14,17,19H,5,8-10,23H2,1-3H3,(H,24,31)(H,25,30)(H,28,29)/t14-,17-,19?/m0/s1. The van der Waals surface area contributed by atoms with E-state index in [1.807, 2.05) is 0 Å². The molecule has 32 heavy (non-hydrogen) atoms. The summed E-state index contributed by atoms with van der Waals surface area (Å²) in [5.74, 6) is -2.92. The number of carbonyl (C=O) groups is 5. The normalized spacial score (nSPS) is 17.5. The second-order valence-corrected chi connectivity index (χ2v) is 8.25. The number of anilines is 1. The van der Waals surface area contributed by atoms with E-state index in [-0.39, 0.29) is 5.92 Å². The number of hydrogen-bond donors (Lipinski definition) is 4. The highest BCUT2D eigenvalue weighted by molar-refractivity contribution is 6.00. The van der Waals surface area contributed by atoms with Crippen molar-refractivity contribution in [1.29, 1.82) is 0 Å². The molecule has 10 heteroatoms. The van der Waals surface area contributed by atoms with Crippen LogP contribution in [0, 0.1) is 12.8 Å². The Morgan fingerprint density at radius 3 is 2.53 bits per heavy atom. The number of aldehydes is 1. The fourth-order valence-corrected chi connectivity index (χ4v) is 3.71. The molecule has 1 aromatic carbocycles. The zero-order valence-corrected chi connectivity index (χ0v) is 18.5. The number of benzene rings is 1. The maximum atomic E-state index is 13.3. The van der Waals surface area contributed by atoms with Gasteiger partial charge in [0.25, 0.3) is 5.91 Å². The van der Waals surface area contributed by atoms with Crippen LogP contribution in [-0.2, 0) is 19.2 Å². The van der Waals surface area contributed by atoms with Crippen LogP contribution in [0.25, 0.3) is 0 Å². The monoisotopic (exact) mass is 446 g/mol. The highest BCUT2D eigenvalue weighted by Gasteiger charge is 2.39. The minimum absolute atomic E-state index is 0.258. The van der Waals surface area contributed by atoms with Crippen LogP contribution < -0.4 is 16.4 Å². The molecule has 1 fully saturated rings. The Morgan fingerprint density at radius 2 is 1.94 bits per heavy atom. The number of nitrogens with zero attached hydrogens (tertiary/aromatic N) is 1. The smallest absolute Gasteiger partial charge is 0.305 e. The Hall–Kier alpha value is -3.43. The van der Waals surface area contributed by atoms with E-state index < -0.39 is 48.2 Å². The Morgan fingerprint density at radius 1 is 1.25 bits per heavy atom. The van der Waals surface area contributed by atoms with Gasteiger partial charge in [-0.2, -0.15) is 0 Å². The van der Waals surface area contributed by atoms with Gasteiger partial charge < -0.3 is 31.2 Å². The molecule has 2 rings (SSSR count). The Labute approximate surface area is 186 Å². The summed E-state index contributed by atoms with van der Waals surface area (Å²) in [6.07, 6.45) is 0.767. The largest absolute Gasteiger partial charge is 0.481 e. The molecule has 0 aromatic heterocycles. The summed E-state index contributed by atoms with van der Waals surface area (Å²) >= 11 is 0. The fraction of sp³-hybridized carbons (Fsp3) is 0.500. The molecule has 0 saturated carbocycles. The first-order valence-corrected chi connectivity index (χ1v) is 10.5. The lowest BCUT2D eigenvalue weighted by atomic mass is 10.00. The second-order valence-electron chi connectivity index (χ2n) is 8.25. The summed E-state index contributed by atoms with van der Waals surface area (Å²) in [7, 11) is 0. The number of rotatable bonds is 9.